The lowest BCUT2D eigenvalue weighted by Crippen LogP contribution is -2.28. The number of hydrogen-bond donors (Lipinski definition) is 1. The molecule has 1 N–H and O–H groups in total. The third kappa shape index (κ3) is 4.03. The zero-order valence-corrected chi connectivity index (χ0v) is 12.4. The van der Waals surface area contributed by atoms with Crippen molar-refractivity contribution in [1.29, 1.82) is 0 Å². The quantitative estimate of drug-likeness (QED) is 0.784. The van der Waals surface area contributed by atoms with Crippen LogP contribution in [0.5, 0.6) is 0 Å². The Hall–Kier alpha value is -0.930. The van der Waals surface area contributed by atoms with E-state index < -0.39 is 0 Å². The smallest absolute Gasteiger partial charge is 0.127 e. The van der Waals surface area contributed by atoms with Gasteiger partial charge < -0.3 is 5.32 Å². The van der Waals surface area contributed by atoms with E-state index in [1.54, 1.807) is 6.07 Å². The van der Waals surface area contributed by atoms with Gasteiger partial charge in [-0.05, 0) is 56.2 Å². The molecule has 0 saturated heterocycles. The highest BCUT2D eigenvalue weighted by Crippen LogP contribution is 2.34. The Labute approximate surface area is 121 Å². The van der Waals surface area contributed by atoms with E-state index in [2.05, 4.69) is 10.2 Å². The minimum Gasteiger partial charge on any atom is -0.316 e. The van der Waals surface area contributed by atoms with Gasteiger partial charge in [-0.25, -0.2) is 4.39 Å². The summed E-state index contributed by atoms with van der Waals surface area (Å²) in [6.07, 6.45) is 5.46. The SMILES string of the molecule is CNCc1ccc(F)c(CN(CC2CC2)CC2CC2)c1. The molecule has 0 aromatic heterocycles. The van der Waals surface area contributed by atoms with Crippen molar-refractivity contribution < 1.29 is 4.39 Å². The largest absolute Gasteiger partial charge is 0.316 e. The van der Waals surface area contributed by atoms with Crippen molar-refractivity contribution in [3.05, 3.63) is 35.1 Å². The molecule has 0 unspecified atom stereocenters. The Kier molecular flexibility index (Phi) is 4.37. The van der Waals surface area contributed by atoms with E-state index in [-0.39, 0.29) is 5.82 Å². The summed E-state index contributed by atoms with van der Waals surface area (Å²) in [4.78, 5) is 2.48. The molecule has 0 radical (unpaired) electrons. The molecule has 2 aliphatic carbocycles. The molecule has 110 valence electrons. The van der Waals surface area contributed by atoms with Gasteiger partial charge in [-0.2, -0.15) is 0 Å². The van der Waals surface area contributed by atoms with Gasteiger partial charge in [0.1, 0.15) is 5.82 Å². The van der Waals surface area contributed by atoms with Gasteiger partial charge in [0.05, 0.1) is 0 Å². The van der Waals surface area contributed by atoms with Crippen molar-refractivity contribution in [2.45, 2.75) is 38.8 Å². The first-order chi connectivity index (χ1) is 9.74. The van der Waals surface area contributed by atoms with Crippen LogP contribution in [0.25, 0.3) is 0 Å². The Morgan fingerprint density at radius 1 is 1.15 bits per heavy atom. The van der Waals surface area contributed by atoms with Gasteiger partial charge in [-0.1, -0.05) is 12.1 Å². The van der Waals surface area contributed by atoms with E-state index in [4.69, 9.17) is 0 Å². The number of nitrogens with zero attached hydrogens (tertiary/aromatic N) is 1. The first-order valence-electron chi connectivity index (χ1n) is 7.89. The lowest BCUT2D eigenvalue weighted by atomic mass is 10.1. The maximum atomic E-state index is 14.0. The monoisotopic (exact) mass is 276 g/mol. The van der Waals surface area contributed by atoms with Crippen LogP contribution in [-0.2, 0) is 13.1 Å². The van der Waals surface area contributed by atoms with Gasteiger partial charge in [-0.3, -0.25) is 4.90 Å². The molecule has 0 bridgehead atoms. The summed E-state index contributed by atoms with van der Waals surface area (Å²) < 4.78 is 14.0. The fourth-order valence-corrected chi connectivity index (χ4v) is 2.84. The van der Waals surface area contributed by atoms with Crippen molar-refractivity contribution in [3.8, 4) is 0 Å². The zero-order chi connectivity index (χ0) is 13.9. The number of rotatable bonds is 8. The van der Waals surface area contributed by atoms with Crippen molar-refractivity contribution >= 4 is 0 Å². The van der Waals surface area contributed by atoms with E-state index in [1.807, 2.05) is 19.2 Å². The predicted molar refractivity (Wildman–Crippen MR) is 79.9 cm³/mol. The van der Waals surface area contributed by atoms with Crippen molar-refractivity contribution in [2.24, 2.45) is 11.8 Å². The van der Waals surface area contributed by atoms with Crippen LogP contribution in [-0.4, -0.2) is 25.0 Å². The van der Waals surface area contributed by atoms with Crippen LogP contribution >= 0.6 is 0 Å². The van der Waals surface area contributed by atoms with E-state index in [0.29, 0.717) is 0 Å². The molecule has 2 nitrogen and oxygen atoms in total. The van der Waals surface area contributed by atoms with Crippen LogP contribution in [0.15, 0.2) is 18.2 Å². The van der Waals surface area contributed by atoms with Crippen LogP contribution in [0, 0.1) is 17.7 Å². The molecule has 2 aliphatic rings. The van der Waals surface area contributed by atoms with Crippen molar-refractivity contribution in [3.63, 3.8) is 0 Å². The molecule has 0 heterocycles. The lowest BCUT2D eigenvalue weighted by Gasteiger charge is -2.23. The summed E-state index contributed by atoms with van der Waals surface area (Å²) >= 11 is 0. The second-order valence-electron chi connectivity index (χ2n) is 6.54. The molecule has 2 fully saturated rings. The highest BCUT2D eigenvalue weighted by atomic mass is 19.1. The maximum absolute atomic E-state index is 14.0. The Morgan fingerprint density at radius 3 is 2.35 bits per heavy atom. The second kappa shape index (κ2) is 6.23. The number of benzene rings is 1. The molecule has 0 amide bonds. The van der Waals surface area contributed by atoms with Crippen molar-refractivity contribution in [2.75, 3.05) is 20.1 Å². The summed E-state index contributed by atoms with van der Waals surface area (Å²) in [6, 6.07) is 5.52. The molecular weight excluding hydrogens is 251 g/mol. The van der Waals surface area contributed by atoms with Crippen LogP contribution in [0.4, 0.5) is 4.39 Å². The fourth-order valence-electron chi connectivity index (χ4n) is 2.84. The molecule has 20 heavy (non-hydrogen) atoms. The number of hydrogen-bond acceptors (Lipinski definition) is 2. The summed E-state index contributed by atoms with van der Waals surface area (Å²) in [5, 5.41) is 3.13. The van der Waals surface area contributed by atoms with Crippen LogP contribution in [0.3, 0.4) is 0 Å². The highest BCUT2D eigenvalue weighted by molar-refractivity contribution is 5.25. The van der Waals surface area contributed by atoms with Crippen molar-refractivity contribution in [1.82, 2.24) is 10.2 Å². The Morgan fingerprint density at radius 2 is 1.80 bits per heavy atom. The zero-order valence-electron chi connectivity index (χ0n) is 12.4. The average molecular weight is 276 g/mol. The molecule has 3 rings (SSSR count). The molecule has 2 saturated carbocycles. The molecular formula is C17H25FN2. The summed E-state index contributed by atoms with van der Waals surface area (Å²) in [7, 11) is 1.93. The van der Waals surface area contributed by atoms with Gasteiger partial charge >= 0.3 is 0 Å². The van der Waals surface area contributed by atoms with E-state index in [0.717, 1.165) is 43.6 Å². The minimum absolute atomic E-state index is 0.0542. The third-order valence-electron chi connectivity index (χ3n) is 4.31. The molecule has 1 aromatic carbocycles. The highest BCUT2D eigenvalue weighted by Gasteiger charge is 2.29. The summed E-state index contributed by atoms with van der Waals surface area (Å²) in [6.45, 7) is 3.90. The Bertz CT molecular complexity index is 438. The van der Waals surface area contributed by atoms with Gasteiger partial charge in [0.15, 0.2) is 0 Å². The van der Waals surface area contributed by atoms with Gasteiger partial charge in [0.25, 0.3) is 0 Å². The molecule has 0 atom stereocenters. The first kappa shape index (κ1) is 14.0. The van der Waals surface area contributed by atoms with E-state index >= 15 is 0 Å². The predicted octanol–water partition coefficient (Wildman–Crippen LogP) is 3.17. The normalized spacial score (nSPS) is 18.8. The second-order valence-corrected chi connectivity index (χ2v) is 6.54. The standard InChI is InChI=1S/C17H25FN2/c1-19-9-15-6-7-17(18)16(8-15)12-20(10-13-2-3-13)11-14-4-5-14/h6-8,13-14,19H,2-5,9-12H2,1H3. The van der Waals surface area contributed by atoms with Crippen LogP contribution < -0.4 is 5.32 Å². The molecule has 3 heteroatoms. The van der Waals surface area contributed by atoms with Gasteiger partial charge in [0.2, 0.25) is 0 Å². The van der Waals surface area contributed by atoms with Crippen LogP contribution in [0.2, 0.25) is 0 Å². The van der Waals surface area contributed by atoms with E-state index in [1.165, 1.54) is 31.2 Å². The summed E-state index contributed by atoms with van der Waals surface area (Å²) in [5.41, 5.74) is 2.03. The molecule has 0 spiro atoms. The minimum atomic E-state index is -0.0542. The van der Waals surface area contributed by atoms with Crippen LogP contribution in [0.1, 0.15) is 36.8 Å². The third-order valence-corrected chi connectivity index (χ3v) is 4.31. The average Bonchev–Trinajstić information content (AvgIpc) is 3.30. The number of nitrogens with one attached hydrogen (secondary N) is 1. The topological polar surface area (TPSA) is 15.3 Å². The lowest BCUT2D eigenvalue weighted by molar-refractivity contribution is 0.241. The van der Waals surface area contributed by atoms with Gasteiger partial charge in [0, 0.05) is 31.7 Å². The maximum Gasteiger partial charge on any atom is 0.127 e. The number of halogens is 1. The van der Waals surface area contributed by atoms with Gasteiger partial charge in [-0.15, -0.1) is 0 Å². The molecule has 1 aromatic rings. The fraction of sp³-hybridized carbons (Fsp3) is 0.647. The first-order valence-corrected chi connectivity index (χ1v) is 7.89. The Balaban J connectivity index is 1.66. The van der Waals surface area contributed by atoms with E-state index in [9.17, 15) is 4.39 Å². The summed E-state index contributed by atoms with van der Waals surface area (Å²) in [5.74, 6) is 1.69. The molecule has 0 aliphatic heterocycles.